The summed E-state index contributed by atoms with van der Waals surface area (Å²) >= 11 is 0. The van der Waals surface area contributed by atoms with E-state index in [0.717, 1.165) is 43.6 Å². The van der Waals surface area contributed by atoms with Crippen LogP contribution in [-0.4, -0.2) is 71.9 Å². The maximum absolute atomic E-state index is 13.2. The second-order valence-electron chi connectivity index (χ2n) is 9.91. The highest BCUT2D eigenvalue weighted by atomic mass is 16.2. The first kappa shape index (κ1) is 24.1. The van der Waals surface area contributed by atoms with Gasteiger partial charge in [-0.15, -0.1) is 0 Å². The number of benzene rings is 3. The standard InChI is InChI=1S/C30H34N4O2/c1-32(28-17-18-33(22-28)20-23-8-4-2-5-9-23)30(36)34-19-16-27(21-34)31-29(35)26-14-12-25(13-15-26)24-10-6-3-7-11-24/h2-15,27-28H,16-22H2,1H3,(H,31,35)/t27-,28?/m1/s1. The fraction of sp³-hybridized carbons (Fsp3) is 0.333. The minimum absolute atomic E-state index is 0.0261. The molecule has 0 bridgehead atoms. The molecule has 3 aromatic rings. The van der Waals surface area contributed by atoms with Gasteiger partial charge in [-0.05, 0) is 41.7 Å². The van der Waals surface area contributed by atoms with Crippen molar-refractivity contribution < 1.29 is 9.59 Å². The number of hydrogen-bond acceptors (Lipinski definition) is 3. The fourth-order valence-electron chi connectivity index (χ4n) is 5.26. The Hall–Kier alpha value is -3.64. The third-order valence-electron chi connectivity index (χ3n) is 7.39. The van der Waals surface area contributed by atoms with Crippen molar-refractivity contribution in [2.75, 3.05) is 33.2 Å². The molecule has 0 aliphatic carbocycles. The van der Waals surface area contributed by atoms with Crippen molar-refractivity contribution in [3.8, 4) is 11.1 Å². The number of likely N-dealkylation sites (tertiary alicyclic amines) is 2. The molecular weight excluding hydrogens is 448 g/mol. The molecule has 2 fully saturated rings. The van der Waals surface area contributed by atoms with Crippen LogP contribution < -0.4 is 5.32 Å². The van der Waals surface area contributed by atoms with Gasteiger partial charge in [0.1, 0.15) is 0 Å². The van der Waals surface area contributed by atoms with Crippen molar-refractivity contribution >= 4 is 11.9 Å². The van der Waals surface area contributed by atoms with Crippen LogP contribution in [0.5, 0.6) is 0 Å². The first-order valence-electron chi connectivity index (χ1n) is 12.8. The van der Waals surface area contributed by atoms with Gasteiger partial charge in [0.2, 0.25) is 0 Å². The molecule has 1 unspecified atom stereocenters. The number of likely N-dealkylation sites (N-methyl/N-ethyl adjacent to an activating group) is 1. The molecule has 3 amide bonds. The van der Waals surface area contributed by atoms with Gasteiger partial charge in [0.25, 0.3) is 5.91 Å². The van der Waals surface area contributed by atoms with Crippen LogP contribution in [0, 0.1) is 0 Å². The molecule has 0 spiro atoms. The fourth-order valence-corrected chi connectivity index (χ4v) is 5.26. The third kappa shape index (κ3) is 5.60. The Morgan fingerprint density at radius 1 is 0.833 bits per heavy atom. The molecule has 2 aliphatic rings. The van der Waals surface area contributed by atoms with Crippen LogP contribution in [0.3, 0.4) is 0 Å². The first-order chi connectivity index (χ1) is 17.6. The molecule has 6 heteroatoms. The lowest BCUT2D eigenvalue weighted by Gasteiger charge is -2.29. The highest BCUT2D eigenvalue weighted by Crippen LogP contribution is 2.21. The summed E-state index contributed by atoms with van der Waals surface area (Å²) in [6, 6.07) is 28.5. The first-order valence-corrected chi connectivity index (χ1v) is 12.8. The number of carbonyl (C=O) groups excluding carboxylic acids is 2. The van der Waals surface area contributed by atoms with E-state index < -0.39 is 0 Å². The van der Waals surface area contributed by atoms with Crippen LogP contribution in [0.2, 0.25) is 0 Å². The lowest BCUT2D eigenvalue weighted by molar-refractivity contribution is 0.0936. The topological polar surface area (TPSA) is 55.9 Å². The quantitative estimate of drug-likeness (QED) is 0.564. The minimum Gasteiger partial charge on any atom is -0.347 e. The van der Waals surface area contributed by atoms with Crippen LogP contribution in [0.15, 0.2) is 84.9 Å². The molecule has 2 heterocycles. The number of nitrogens with zero attached hydrogens (tertiary/aromatic N) is 3. The van der Waals surface area contributed by atoms with E-state index in [-0.39, 0.29) is 24.0 Å². The van der Waals surface area contributed by atoms with Crippen molar-refractivity contribution in [2.45, 2.75) is 31.5 Å². The Labute approximate surface area is 213 Å². The van der Waals surface area contributed by atoms with Crippen molar-refractivity contribution in [1.29, 1.82) is 0 Å². The van der Waals surface area contributed by atoms with Crippen LogP contribution in [0.4, 0.5) is 4.79 Å². The molecule has 6 nitrogen and oxygen atoms in total. The smallest absolute Gasteiger partial charge is 0.320 e. The van der Waals surface area contributed by atoms with E-state index in [1.165, 1.54) is 5.56 Å². The second-order valence-corrected chi connectivity index (χ2v) is 9.91. The number of hydrogen-bond donors (Lipinski definition) is 1. The van der Waals surface area contributed by atoms with Crippen LogP contribution in [-0.2, 0) is 6.54 Å². The lowest BCUT2D eigenvalue weighted by Crippen LogP contribution is -2.47. The summed E-state index contributed by atoms with van der Waals surface area (Å²) in [6.45, 7) is 4.03. The Kier molecular flexibility index (Phi) is 7.33. The van der Waals surface area contributed by atoms with Gasteiger partial charge in [-0.2, -0.15) is 0 Å². The Bertz CT molecular complexity index is 1170. The van der Waals surface area contributed by atoms with Gasteiger partial charge < -0.3 is 15.1 Å². The van der Waals surface area contributed by atoms with E-state index in [4.69, 9.17) is 0 Å². The van der Waals surface area contributed by atoms with Gasteiger partial charge in [-0.1, -0.05) is 72.8 Å². The highest BCUT2D eigenvalue weighted by molar-refractivity contribution is 5.95. The van der Waals surface area contributed by atoms with Gasteiger partial charge in [0, 0.05) is 57.4 Å². The number of urea groups is 1. The normalized spacial score (nSPS) is 19.9. The van der Waals surface area contributed by atoms with Gasteiger partial charge >= 0.3 is 6.03 Å². The molecule has 186 valence electrons. The largest absolute Gasteiger partial charge is 0.347 e. The van der Waals surface area contributed by atoms with Crippen molar-refractivity contribution in [2.24, 2.45) is 0 Å². The van der Waals surface area contributed by atoms with E-state index in [2.05, 4.69) is 46.6 Å². The van der Waals surface area contributed by atoms with Crippen molar-refractivity contribution in [3.63, 3.8) is 0 Å². The molecule has 0 aromatic heterocycles. The molecule has 2 atom stereocenters. The molecule has 0 radical (unpaired) electrons. The molecule has 2 saturated heterocycles. The Balaban J connectivity index is 1.10. The second kappa shape index (κ2) is 11.0. The van der Waals surface area contributed by atoms with Gasteiger partial charge in [0.15, 0.2) is 0 Å². The minimum atomic E-state index is -0.0883. The summed E-state index contributed by atoms with van der Waals surface area (Å²) < 4.78 is 0. The summed E-state index contributed by atoms with van der Waals surface area (Å²) in [5.74, 6) is -0.0883. The number of amides is 3. The number of nitrogens with one attached hydrogen (secondary N) is 1. The summed E-state index contributed by atoms with van der Waals surface area (Å²) in [5, 5.41) is 3.12. The molecule has 5 rings (SSSR count). The average molecular weight is 483 g/mol. The summed E-state index contributed by atoms with van der Waals surface area (Å²) in [5.41, 5.74) is 4.16. The average Bonchev–Trinajstić information content (AvgIpc) is 3.59. The zero-order chi connectivity index (χ0) is 24.9. The Morgan fingerprint density at radius 2 is 1.50 bits per heavy atom. The van der Waals surface area contributed by atoms with Gasteiger partial charge in [-0.3, -0.25) is 9.69 Å². The Morgan fingerprint density at radius 3 is 2.22 bits per heavy atom. The molecule has 36 heavy (non-hydrogen) atoms. The molecule has 1 N–H and O–H groups in total. The van der Waals surface area contributed by atoms with E-state index in [1.54, 1.807) is 0 Å². The molecule has 2 aliphatic heterocycles. The third-order valence-corrected chi connectivity index (χ3v) is 7.39. The lowest BCUT2D eigenvalue weighted by atomic mass is 10.0. The van der Waals surface area contributed by atoms with E-state index in [1.807, 2.05) is 65.4 Å². The zero-order valence-corrected chi connectivity index (χ0v) is 20.8. The van der Waals surface area contributed by atoms with Crippen LogP contribution in [0.25, 0.3) is 11.1 Å². The zero-order valence-electron chi connectivity index (χ0n) is 20.8. The SMILES string of the molecule is CN(C(=O)N1CC[C@@H](NC(=O)c2ccc(-c3ccccc3)cc2)C1)C1CCN(Cc2ccccc2)C1. The molecule has 3 aromatic carbocycles. The summed E-state index contributed by atoms with van der Waals surface area (Å²) in [4.78, 5) is 32.2. The molecule has 0 saturated carbocycles. The van der Waals surface area contributed by atoms with Gasteiger partial charge in [0.05, 0.1) is 0 Å². The van der Waals surface area contributed by atoms with Crippen LogP contribution >= 0.6 is 0 Å². The highest BCUT2D eigenvalue weighted by Gasteiger charge is 2.34. The maximum atomic E-state index is 13.2. The summed E-state index contributed by atoms with van der Waals surface area (Å²) in [7, 11) is 1.92. The maximum Gasteiger partial charge on any atom is 0.320 e. The van der Waals surface area contributed by atoms with E-state index >= 15 is 0 Å². The number of rotatable bonds is 6. The van der Waals surface area contributed by atoms with E-state index in [0.29, 0.717) is 18.7 Å². The van der Waals surface area contributed by atoms with Gasteiger partial charge in [-0.25, -0.2) is 4.79 Å². The van der Waals surface area contributed by atoms with Crippen molar-refractivity contribution in [1.82, 2.24) is 20.0 Å². The monoisotopic (exact) mass is 482 g/mol. The summed E-state index contributed by atoms with van der Waals surface area (Å²) in [6.07, 6.45) is 1.76. The van der Waals surface area contributed by atoms with E-state index in [9.17, 15) is 9.59 Å². The molecular formula is C30H34N4O2. The number of carbonyl (C=O) groups is 2. The van der Waals surface area contributed by atoms with Crippen LogP contribution in [0.1, 0.15) is 28.8 Å². The predicted octanol–water partition coefficient (Wildman–Crippen LogP) is 4.48. The predicted molar refractivity (Wildman–Crippen MR) is 143 cm³/mol. The van der Waals surface area contributed by atoms with Crippen molar-refractivity contribution in [3.05, 3.63) is 96.1 Å².